The highest BCUT2D eigenvalue weighted by Gasteiger charge is 2.44. The molecule has 5 rings (SSSR count). The Morgan fingerprint density at radius 2 is 1.18 bits per heavy atom. The van der Waals surface area contributed by atoms with Gasteiger partial charge in [-0.15, -0.1) is 0 Å². The molecular weight excluding hydrogens is 640 g/mol. The number of carbonyl (C=O) groups is 2. The van der Waals surface area contributed by atoms with Crippen molar-refractivity contribution in [3.63, 3.8) is 0 Å². The van der Waals surface area contributed by atoms with Gasteiger partial charge in [0.05, 0.1) is 6.10 Å². The number of carbonyl (C=O) groups excluding carboxylic acids is 2. The van der Waals surface area contributed by atoms with Crippen molar-refractivity contribution >= 4 is 50.1 Å². The fourth-order valence-electron chi connectivity index (χ4n) is 7.57. The number of unbranched alkanes of at least 4 members (excludes halogenated alkanes) is 14. The average Bonchev–Trinajstić information content (AvgIpc) is 3.14. The topological polar surface area (TPSA) is 113 Å². The maximum Gasteiger partial charge on any atom is 0.305 e. The zero-order valence-corrected chi connectivity index (χ0v) is 30.4. The number of rotatable bonds is 22. The Labute approximate surface area is 303 Å². The fraction of sp³-hybridized carbons (Fsp3) is 0.545. The van der Waals surface area contributed by atoms with Gasteiger partial charge in [-0.3, -0.25) is 9.59 Å². The number of ether oxygens (including phenoxy) is 2. The molecule has 0 aromatic heterocycles. The van der Waals surface area contributed by atoms with Gasteiger partial charge in [0, 0.05) is 12.8 Å². The molecule has 0 bridgehead atoms. The lowest BCUT2D eigenvalue weighted by Crippen LogP contribution is -2.59. The van der Waals surface area contributed by atoms with Gasteiger partial charge in [-0.05, 0) is 50.4 Å². The average molecular weight is 699 g/mol. The number of hydrogen-bond acceptors (Lipinski definition) is 7. The van der Waals surface area contributed by atoms with Crippen molar-refractivity contribution in [2.24, 2.45) is 0 Å². The van der Waals surface area contributed by atoms with E-state index in [1.54, 1.807) is 6.08 Å². The third-order valence-electron chi connectivity index (χ3n) is 10.6. The molecule has 0 spiro atoms. The van der Waals surface area contributed by atoms with Crippen LogP contribution in [0.3, 0.4) is 0 Å². The molecule has 1 aliphatic heterocycles. The highest BCUT2D eigenvalue weighted by molar-refractivity contribution is 6.24. The normalized spacial score (nSPS) is 21.0. The second-order valence-corrected chi connectivity index (χ2v) is 14.6. The molecule has 0 unspecified atom stereocenters. The van der Waals surface area contributed by atoms with E-state index in [1.807, 2.05) is 6.07 Å². The Balaban J connectivity index is 1.00. The molecule has 7 nitrogen and oxygen atoms in total. The van der Waals surface area contributed by atoms with Crippen molar-refractivity contribution in [2.75, 3.05) is 6.61 Å². The lowest BCUT2D eigenvalue weighted by atomic mass is 9.91. The molecule has 7 heteroatoms. The van der Waals surface area contributed by atoms with Crippen LogP contribution in [-0.4, -0.2) is 64.2 Å². The summed E-state index contributed by atoms with van der Waals surface area (Å²) in [6.45, 7) is 2.00. The molecule has 1 fully saturated rings. The number of aliphatic hydroxyl groups is 3. The summed E-state index contributed by atoms with van der Waals surface area (Å²) in [5.41, 5.74) is 0.897. The van der Waals surface area contributed by atoms with Crippen LogP contribution in [0.25, 0.3) is 38.4 Å². The molecule has 0 radical (unpaired) electrons. The van der Waals surface area contributed by atoms with E-state index >= 15 is 0 Å². The predicted molar refractivity (Wildman–Crippen MR) is 206 cm³/mol. The zero-order chi connectivity index (χ0) is 36.0. The van der Waals surface area contributed by atoms with Crippen molar-refractivity contribution in [3.05, 3.63) is 66.2 Å². The zero-order valence-electron chi connectivity index (χ0n) is 30.4. The van der Waals surface area contributed by atoms with Gasteiger partial charge < -0.3 is 24.8 Å². The molecule has 276 valence electrons. The molecule has 1 heterocycles. The largest absolute Gasteiger partial charge is 0.463 e. The summed E-state index contributed by atoms with van der Waals surface area (Å²) in [5, 5.41) is 38.5. The van der Waals surface area contributed by atoms with Gasteiger partial charge in [0.15, 0.2) is 5.78 Å². The van der Waals surface area contributed by atoms with Crippen LogP contribution < -0.4 is 0 Å². The first-order valence-corrected chi connectivity index (χ1v) is 19.6. The molecule has 0 saturated carbocycles. The number of hydrogen-bond donors (Lipinski definition) is 3. The maximum atomic E-state index is 13.1. The molecule has 4 aromatic rings. The Hall–Kier alpha value is -3.36. The van der Waals surface area contributed by atoms with E-state index in [-0.39, 0.29) is 31.2 Å². The summed E-state index contributed by atoms with van der Waals surface area (Å²) >= 11 is 0. The summed E-state index contributed by atoms with van der Waals surface area (Å²) in [4.78, 5) is 25.5. The number of aliphatic hydroxyl groups excluding tert-OH is 3. The Morgan fingerprint density at radius 3 is 1.80 bits per heavy atom. The lowest BCUT2D eigenvalue weighted by molar-refractivity contribution is -0.232. The lowest BCUT2D eigenvalue weighted by Gasteiger charge is -2.40. The molecule has 51 heavy (non-hydrogen) atoms. The SMILES string of the molecule is CCCCCCCCCCCCCCCCCC(=O)OC[C@H]1O[C@@H](CC(=O)/C=C/c2ccc3ccc4cccc5ccc2c3c45)[C@H](O)[C@@H](O)[C@@H]1O. The van der Waals surface area contributed by atoms with Crippen LogP contribution >= 0.6 is 0 Å². The quantitative estimate of drug-likeness (QED) is 0.0325. The minimum Gasteiger partial charge on any atom is -0.463 e. The third kappa shape index (κ3) is 10.8. The van der Waals surface area contributed by atoms with E-state index in [0.717, 1.165) is 51.8 Å². The Kier molecular flexibility index (Phi) is 15.3. The highest BCUT2D eigenvalue weighted by Crippen LogP contribution is 2.36. The molecule has 3 N–H and O–H groups in total. The Morgan fingerprint density at radius 1 is 0.647 bits per heavy atom. The summed E-state index contributed by atoms with van der Waals surface area (Å²) in [6.07, 6.45) is 15.5. The smallest absolute Gasteiger partial charge is 0.305 e. The summed E-state index contributed by atoms with van der Waals surface area (Å²) in [6, 6.07) is 18.7. The molecule has 0 amide bonds. The van der Waals surface area contributed by atoms with Crippen molar-refractivity contribution in [1.82, 2.24) is 0 Å². The molecule has 0 aliphatic carbocycles. The highest BCUT2D eigenvalue weighted by atomic mass is 16.6. The molecule has 5 atom stereocenters. The van der Waals surface area contributed by atoms with Crippen molar-refractivity contribution in [3.8, 4) is 0 Å². The van der Waals surface area contributed by atoms with Crippen LogP contribution in [0, 0.1) is 0 Å². The molecular formula is C44H58O7. The van der Waals surface area contributed by atoms with Crippen molar-refractivity contribution in [1.29, 1.82) is 0 Å². The van der Waals surface area contributed by atoms with E-state index in [0.29, 0.717) is 0 Å². The van der Waals surface area contributed by atoms with E-state index in [4.69, 9.17) is 9.47 Å². The second kappa shape index (κ2) is 20.0. The van der Waals surface area contributed by atoms with Gasteiger partial charge in [-0.1, -0.05) is 157 Å². The minimum absolute atomic E-state index is 0.198. The van der Waals surface area contributed by atoms with Crippen LogP contribution in [0.2, 0.25) is 0 Å². The number of allylic oxidation sites excluding steroid dienone is 1. The van der Waals surface area contributed by atoms with Crippen LogP contribution in [0.4, 0.5) is 0 Å². The first-order valence-electron chi connectivity index (χ1n) is 19.6. The summed E-state index contributed by atoms with van der Waals surface area (Å²) in [7, 11) is 0. The van der Waals surface area contributed by atoms with E-state index < -0.39 is 30.5 Å². The van der Waals surface area contributed by atoms with Crippen LogP contribution in [0.15, 0.2) is 60.7 Å². The first kappa shape index (κ1) is 38.9. The predicted octanol–water partition coefficient (Wildman–Crippen LogP) is 9.21. The van der Waals surface area contributed by atoms with Gasteiger partial charge in [0.25, 0.3) is 0 Å². The standard InChI is InChI=1S/C44H58O7/c1-2-3-4-5-6-7-8-9-10-11-12-13-14-15-16-20-39(46)50-30-38-43(48)44(49)42(47)37(51-38)29-35(45)27-25-31-21-22-34-24-23-32-18-17-19-33-26-28-36(31)41(34)40(32)33/h17-19,21-28,37-38,42-44,47-49H,2-16,20,29-30H2,1H3/b27-25+/t37-,38+,42-,43+,44+/m0/s1. The second-order valence-electron chi connectivity index (χ2n) is 14.6. The summed E-state index contributed by atoms with van der Waals surface area (Å²) < 4.78 is 11.2. The number of benzene rings is 4. The molecule has 1 aliphatic rings. The van der Waals surface area contributed by atoms with Crippen LogP contribution in [0.5, 0.6) is 0 Å². The van der Waals surface area contributed by atoms with Gasteiger partial charge in [0.2, 0.25) is 0 Å². The van der Waals surface area contributed by atoms with E-state index in [1.165, 1.54) is 88.5 Å². The minimum atomic E-state index is -1.53. The third-order valence-corrected chi connectivity index (χ3v) is 10.6. The maximum absolute atomic E-state index is 13.1. The van der Waals surface area contributed by atoms with Gasteiger partial charge >= 0.3 is 5.97 Å². The van der Waals surface area contributed by atoms with Crippen molar-refractivity contribution < 1.29 is 34.4 Å². The fourth-order valence-corrected chi connectivity index (χ4v) is 7.57. The van der Waals surface area contributed by atoms with Gasteiger partial charge in [-0.2, -0.15) is 0 Å². The monoisotopic (exact) mass is 698 g/mol. The summed E-state index contributed by atoms with van der Waals surface area (Å²) in [5.74, 6) is -0.679. The van der Waals surface area contributed by atoms with Crippen LogP contribution in [-0.2, 0) is 19.1 Å². The van der Waals surface area contributed by atoms with Gasteiger partial charge in [0.1, 0.15) is 31.0 Å². The van der Waals surface area contributed by atoms with E-state index in [2.05, 4.69) is 55.5 Å². The van der Waals surface area contributed by atoms with Crippen LogP contribution in [0.1, 0.15) is 122 Å². The number of esters is 1. The number of ketones is 1. The van der Waals surface area contributed by atoms with E-state index in [9.17, 15) is 24.9 Å². The van der Waals surface area contributed by atoms with Gasteiger partial charge in [-0.25, -0.2) is 0 Å². The first-order chi connectivity index (χ1) is 24.9. The Bertz CT molecular complexity index is 1680. The molecule has 4 aromatic carbocycles. The molecule has 1 saturated heterocycles. The van der Waals surface area contributed by atoms with Crippen molar-refractivity contribution in [2.45, 2.75) is 147 Å².